The van der Waals surface area contributed by atoms with E-state index in [1.165, 1.54) is 0 Å². The summed E-state index contributed by atoms with van der Waals surface area (Å²) in [6.07, 6.45) is -0.173. The number of ether oxygens (including phenoxy) is 2. The molecule has 0 spiro atoms. The Labute approximate surface area is 131 Å². The SMILES string of the molecule is CCOc1cccc(C(O)CCN)c1OCc1ccccc1. The fraction of sp³-hybridized carbons (Fsp3) is 0.333. The molecule has 0 aliphatic carbocycles. The molecule has 0 saturated heterocycles. The highest BCUT2D eigenvalue weighted by Gasteiger charge is 2.17. The maximum Gasteiger partial charge on any atom is 0.167 e. The van der Waals surface area contributed by atoms with Gasteiger partial charge in [0.05, 0.1) is 12.7 Å². The number of hydrogen-bond acceptors (Lipinski definition) is 4. The van der Waals surface area contributed by atoms with E-state index in [9.17, 15) is 5.11 Å². The first-order valence-corrected chi connectivity index (χ1v) is 7.56. The average molecular weight is 301 g/mol. The van der Waals surface area contributed by atoms with Crippen LogP contribution in [0.3, 0.4) is 0 Å². The van der Waals surface area contributed by atoms with Crippen LogP contribution in [0.2, 0.25) is 0 Å². The van der Waals surface area contributed by atoms with Gasteiger partial charge < -0.3 is 20.3 Å². The lowest BCUT2D eigenvalue weighted by Crippen LogP contribution is -2.09. The Morgan fingerprint density at radius 3 is 2.50 bits per heavy atom. The van der Waals surface area contributed by atoms with Crippen LogP contribution in [0.5, 0.6) is 11.5 Å². The molecule has 0 saturated carbocycles. The van der Waals surface area contributed by atoms with Gasteiger partial charge in [0.1, 0.15) is 6.61 Å². The molecule has 4 heteroatoms. The van der Waals surface area contributed by atoms with Crippen LogP contribution in [0, 0.1) is 0 Å². The molecule has 3 N–H and O–H groups in total. The molecule has 1 unspecified atom stereocenters. The molecule has 1 atom stereocenters. The Hall–Kier alpha value is -2.04. The van der Waals surface area contributed by atoms with Gasteiger partial charge in [0.2, 0.25) is 0 Å². The topological polar surface area (TPSA) is 64.7 Å². The van der Waals surface area contributed by atoms with E-state index in [0.29, 0.717) is 43.2 Å². The predicted molar refractivity (Wildman–Crippen MR) is 87.0 cm³/mol. The molecule has 0 aromatic heterocycles. The lowest BCUT2D eigenvalue weighted by molar-refractivity contribution is 0.161. The zero-order valence-electron chi connectivity index (χ0n) is 12.9. The Morgan fingerprint density at radius 1 is 1.05 bits per heavy atom. The van der Waals surface area contributed by atoms with Crippen molar-refractivity contribution < 1.29 is 14.6 Å². The molecule has 0 radical (unpaired) electrons. The van der Waals surface area contributed by atoms with Crippen molar-refractivity contribution >= 4 is 0 Å². The molecule has 0 heterocycles. The van der Waals surface area contributed by atoms with E-state index in [-0.39, 0.29) is 0 Å². The maximum absolute atomic E-state index is 10.3. The number of rotatable bonds is 8. The van der Waals surface area contributed by atoms with Gasteiger partial charge in [-0.2, -0.15) is 0 Å². The van der Waals surface area contributed by atoms with Crippen molar-refractivity contribution in [2.45, 2.75) is 26.1 Å². The van der Waals surface area contributed by atoms with Crippen molar-refractivity contribution in [3.8, 4) is 11.5 Å². The van der Waals surface area contributed by atoms with E-state index >= 15 is 0 Å². The number of aliphatic hydroxyl groups excluding tert-OH is 1. The van der Waals surface area contributed by atoms with Gasteiger partial charge in [-0.25, -0.2) is 0 Å². The van der Waals surface area contributed by atoms with Gasteiger partial charge in [0, 0.05) is 5.56 Å². The zero-order chi connectivity index (χ0) is 15.8. The second kappa shape index (κ2) is 8.41. The number of para-hydroxylation sites is 1. The van der Waals surface area contributed by atoms with Gasteiger partial charge >= 0.3 is 0 Å². The van der Waals surface area contributed by atoms with E-state index in [0.717, 1.165) is 5.56 Å². The number of aliphatic hydroxyl groups is 1. The van der Waals surface area contributed by atoms with Crippen molar-refractivity contribution in [1.82, 2.24) is 0 Å². The van der Waals surface area contributed by atoms with Gasteiger partial charge in [-0.1, -0.05) is 42.5 Å². The molecule has 2 aromatic rings. The van der Waals surface area contributed by atoms with E-state index in [2.05, 4.69) is 0 Å². The third-order valence-corrected chi connectivity index (χ3v) is 3.33. The third kappa shape index (κ3) is 4.23. The zero-order valence-corrected chi connectivity index (χ0v) is 12.9. The fourth-order valence-electron chi connectivity index (χ4n) is 2.26. The number of nitrogens with two attached hydrogens (primary N) is 1. The number of hydrogen-bond donors (Lipinski definition) is 2. The van der Waals surface area contributed by atoms with Crippen LogP contribution in [0.25, 0.3) is 0 Å². The summed E-state index contributed by atoms with van der Waals surface area (Å²) in [4.78, 5) is 0. The van der Waals surface area contributed by atoms with E-state index < -0.39 is 6.10 Å². The molecule has 118 valence electrons. The summed E-state index contributed by atoms with van der Waals surface area (Å²) in [5.74, 6) is 1.24. The summed E-state index contributed by atoms with van der Waals surface area (Å²) in [5, 5.41) is 10.3. The Balaban J connectivity index is 2.24. The van der Waals surface area contributed by atoms with E-state index in [1.54, 1.807) is 0 Å². The van der Waals surface area contributed by atoms with Crippen LogP contribution in [-0.2, 0) is 6.61 Å². The molecule has 2 rings (SSSR count). The summed E-state index contributed by atoms with van der Waals surface area (Å²) in [6, 6.07) is 15.5. The molecule has 22 heavy (non-hydrogen) atoms. The molecule has 0 aliphatic rings. The average Bonchev–Trinajstić information content (AvgIpc) is 2.55. The minimum Gasteiger partial charge on any atom is -0.490 e. The van der Waals surface area contributed by atoms with E-state index in [1.807, 2.05) is 55.5 Å². The summed E-state index contributed by atoms with van der Waals surface area (Å²) in [5.41, 5.74) is 7.32. The van der Waals surface area contributed by atoms with Crippen LogP contribution in [-0.4, -0.2) is 18.3 Å². The molecular weight excluding hydrogens is 278 g/mol. The summed E-state index contributed by atoms with van der Waals surface area (Å²) in [7, 11) is 0. The first-order chi connectivity index (χ1) is 10.8. The van der Waals surface area contributed by atoms with Gasteiger partial charge in [-0.05, 0) is 31.5 Å². The quantitative estimate of drug-likeness (QED) is 0.786. The molecule has 0 fully saturated rings. The van der Waals surface area contributed by atoms with Gasteiger partial charge in [-0.3, -0.25) is 0 Å². The van der Waals surface area contributed by atoms with Crippen molar-refractivity contribution in [3.63, 3.8) is 0 Å². The number of benzene rings is 2. The second-order valence-corrected chi connectivity index (χ2v) is 4.97. The molecular formula is C18H23NO3. The molecule has 4 nitrogen and oxygen atoms in total. The Bertz CT molecular complexity index is 572. The van der Waals surface area contributed by atoms with Crippen LogP contribution in [0.4, 0.5) is 0 Å². The Morgan fingerprint density at radius 2 is 1.82 bits per heavy atom. The largest absolute Gasteiger partial charge is 0.490 e. The van der Waals surface area contributed by atoms with Crippen molar-refractivity contribution in [2.24, 2.45) is 5.73 Å². The van der Waals surface area contributed by atoms with Crippen LogP contribution in [0.15, 0.2) is 48.5 Å². The smallest absolute Gasteiger partial charge is 0.167 e. The van der Waals surface area contributed by atoms with Crippen molar-refractivity contribution in [3.05, 3.63) is 59.7 Å². The lowest BCUT2D eigenvalue weighted by Gasteiger charge is -2.19. The summed E-state index contributed by atoms with van der Waals surface area (Å²) < 4.78 is 11.6. The first kappa shape index (κ1) is 16.3. The highest BCUT2D eigenvalue weighted by atomic mass is 16.5. The van der Waals surface area contributed by atoms with Crippen molar-refractivity contribution in [1.29, 1.82) is 0 Å². The highest BCUT2D eigenvalue weighted by molar-refractivity contribution is 5.48. The predicted octanol–water partition coefficient (Wildman–Crippen LogP) is 3.05. The molecule has 0 amide bonds. The minimum absolute atomic E-state index is 0.415. The molecule has 0 aliphatic heterocycles. The highest BCUT2D eigenvalue weighted by Crippen LogP contribution is 2.36. The summed E-state index contributed by atoms with van der Waals surface area (Å²) >= 11 is 0. The molecule has 2 aromatic carbocycles. The monoisotopic (exact) mass is 301 g/mol. The third-order valence-electron chi connectivity index (χ3n) is 3.33. The maximum atomic E-state index is 10.3. The van der Waals surface area contributed by atoms with Crippen LogP contribution in [0.1, 0.15) is 30.6 Å². The van der Waals surface area contributed by atoms with Gasteiger partial charge in [0.25, 0.3) is 0 Å². The standard InChI is InChI=1S/C18H23NO3/c1-2-21-17-10-6-9-15(16(20)11-12-19)18(17)22-13-14-7-4-3-5-8-14/h3-10,16,20H,2,11-13,19H2,1H3. The van der Waals surface area contributed by atoms with Gasteiger partial charge in [0.15, 0.2) is 11.5 Å². The van der Waals surface area contributed by atoms with E-state index in [4.69, 9.17) is 15.2 Å². The van der Waals surface area contributed by atoms with Crippen LogP contribution < -0.4 is 15.2 Å². The summed E-state index contributed by atoms with van der Waals surface area (Å²) in [6.45, 7) is 3.30. The lowest BCUT2D eigenvalue weighted by atomic mass is 10.0. The fourth-order valence-corrected chi connectivity index (χ4v) is 2.26. The van der Waals surface area contributed by atoms with Crippen LogP contribution >= 0.6 is 0 Å². The normalized spacial score (nSPS) is 12.0. The van der Waals surface area contributed by atoms with Gasteiger partial charge in [-0.15, -0.1) is 0 Å². The second-order valence-electron chi connectivity index (χ2n) is 4.97. The van der Waals surface area contributed by atoms with Crippen molar-refractivity contribution in [2.75, 3.05) is 13.2 Å². The minimum atomic E-state index is -0.656. The first-order valence-electron chi connectivity index (χ1n) is 7.56. The molecule has 0 bridgehead atoms. The Kier molecular flexibility index (Phi) is 6.25.